The zero-order valence-electron chi connectivity index (χ0n) is 12.0. The minimum atomic E-state index is -0.319. The number of hydrogen-bond donors (Lipinski definition) is 1. The van der Waals surface area contributed by atoms with Crippen molar-refractivity contribution in [1.29, 1.82) is 0 Å². The number of nitrogens with one attached hydrogen (secondary N) is 1. The lowest BCUT2D eigenvalue weighted by atomic mass is 10.1. The Morgan fingerprint density at radius 1 is 1.13 bits per heavy atom. The van der Waals surface area contributed by atoms with Gasteiger partial charge in [0.25, 0.3) is 11.8 Å². The molecule has 5 nitrogen and oxygen atoms in total. The number of halogens is 2. The highest BCUT2D eigenvalue weighted by molar-refractivity contribution is 6.36. The van der Waals surface area contributed by atoms with E-state index in [1.54, 1.807) is 30.3 Å². The highest BCUT2D eigenvalue weighted by Gasteiger charge is 2.15. The van der Waals surface area contributed by atoms with Crippen molar-refractivity contribution in [2.45, 2.75) is 6.92 Å². The van der Waals surface area contributed by atoms with E-state index < -0.39 is 0 Å². The molecule has 2 aromatic carbocycles. The molecule has 1 N–H and O–H groups in total. The van der Waals surface area contributed by atoms with Crippen molar-refractivity contribution >= 4 is 35.1 Å². The second-order valence-electron chi connectivity index (χ2n) is 4.81. The van der Waals surface area contributed by atoms with Crippen molar-refractivity contribution in [3.05, 3.63) is 63.6 Å². The zero-order valence-corrected chi connectivity index (χ0v) is 13.5. The minimum absolute atomic E-state index is 0.000676. The Morgan fingerprint density at radius 3 is 2.65 bits per heavy atom. The van der Waals surface area contributed by atoms with Gasteiger partial charge in [-0.2, -0.15) is 0 Å². The van der Waals surface area contributed by atoms with E-state index in [4.69, 9.17) is 27.6 Å². The van der Waals surface area contributed by atoms with Crippen LogP contribution in [0.2, 0.25) is 10.0 Å². The fourth-order valence-electron chi connectivity index (χ4n) is 2.04. The van der Waals surface area contributed by atoms with Gasteiger partial charge in [0.2, 0.25) is 0 Å². The van der Waals surface area contributed by atoms with Crippen LogP contribution in [0.3, 0.4) is 0 Å². The molecule has 0 aliphatic rings. The molecule has 0 unspecified atom stereocenters. The lowest BCUT2D eigenvalue weighted by Gasteiger charge is -2.03. The molecule has 3 aromatic rings. The van der Waals surface area contributed by atoms with Gasteiger partial charge in [-0.1, -0.05) is 46.5 Å². The van der Waals surface area contributed by atoms with Crippen LogP contribution in [0.15, 0.2) is 46.9 Å². The summed E-state index contributed by atoms with van der Waals surface area (Å²) in [4.78, 5) is 12.2. The van der Waals surface area contributed by atoms with E-state index in [1.807, 2.05) is 19.1 Å². The van der Waals surface area contributed by atoms with Gasteiger partial charge in [0.05, 0.1) is 10.6 Å². The van der Waals surface area contributed by atoms with Crippen LogP contribution in [0.5, 0.6) is 0 Å². The summed E-state index contributed by atoms with van der Waals surface area (Å²) in [7, 11) is 0. The molecule has 116 valence electrons. The van der Waals surface area contributed by atoms with Crippen molar-refractivity contribution in [1.82, 2.24) is 10.2 Å². The third kappa shape index (κ3) is 3.36. The Morgan fingerprint density at radius 2 is 1.91 bits per heavy atom. The van der Waals surface area contributed by atoms with E-state index in [2.05, 4.69) is 15.5 Å². The highest BCUT2D eigenvalue weighted by Crippen LogP contribution is 2.30. The quantitative estimate of drug-likeness (QED) is 0.751. The summed E-state index contributed by atoms with van der Waals surface area (Å²) < 4.78 is 5.44. The van der Waals surface area contributed by atoms with Crippen LogP contribution in [0.25, 0.3) is 11.5 Å². The number of benzene rings is 2. The standard InChI is InChI=1S/C16H11Cl2N3O2/c1-9-4-2-3-5-11(9)14(22)19-16-21-20-15(23-16)12-7-6-10(17)8-13(12)18/h2-8H,1H3,(H,19,21,22). The Kier molecular flexibility index (Phi) is 4.32. The number of anilines is 1. The summed E-state index contributed by atoms with van der Waals surface area (Å²) in [6, 6.07) is 12.1. The zero-order chi connectivity index (χ0) is 16.4. The molecule has 1 amide bonds. The van der Waals surface area contributed by atoms with Crippen LogP contribution < -0.4 is 5.32 Å². The van der Waals surface area contributed by atoms with Crippen LogP contribution in [0, 0.1) is 6.92 Å². The number of amides is 1. The second-order valence-corrected chi connectivity index (χ2v) is 5.65. The average molecular weight is 348 g/mol. The van der Waals surface area contributed by atoms with Crippen molar-refractivity contribution in [2.24, 2.45) is 0 Å². The van der Waals surface area contributed by atoms with Gasteiger partial charge in [-0.25, -0.2) is 0 Å². The summed E-state index contributed by atoms with van der Waals surface area (Å²) >= 11 is 11.9. The number of carbonyl (C=O) groups is 1. The Balaban J connectivity index is 1.82. The highest BCUT2D eigenvalue weighted by atomic mass is 35.5. The number of rotatable bonds is 3. The van der Waals surface area contributed by atoms with E-state index in [9.17, 15) is 4.79 Å². The average Bonchev–Trinajstić information content (AvgIpc) is 2.95. The SMILES string of the molecule is Cc1ccccc1C(=O)Nc1nnc(-c2ccc(Cl)cc2Cl)o1. The van der Waals surface area contributed by atoms with Crippen molar-refractivity contribution < 1.29 is 9.21 Å². The van der Waals surface area contributed by atoms with Crippen LogP contribution >= 0.6 is 23.2 Å². The molecule has 1 heterocycles. The number of aromatic nitrogens is 2. The van der Waals surface area contributed by atoms with E-state index in [-0.39, 0.29) is 17.8 Å². The van der Waals surface area contributed by atoms with E-state index in [1.165, 1.54) is 0 Å². The molecule has 0 bridgehead atoms. The second kappa shape index (κ2) is 6.40. The molecule has 0 spiro atoms. The van der Waals surface area contributed by atoms with Crippen LogP contribution in [-0.2, 0) is 0 Å². The molecule has 0 atom stereocenters. The summed E-state index contributed by atoms with van der Waals surface area (Å²) in [5, 5.41) is 11.2. The number of nitrogens with zero attached hydrogens (tertiary/aromatic N) is 2. The van der Waals surface area contributed by atoms with Gasteiger partial charge in [-0.3, -0.25) is 10.1 Å². The lowest BCUT2D eigenvalue weighted by Crippen LogP contribution is -2.13. The van der Waals surface area contributed by atoms with Gasteiger partial charge >= 0.3 is 6.01 Å². The summed E-state index contributed by atoms with van der Waals surface area (Å²) in [5.41, 5.74) is 1.93. The van der Waals surface area contributed by atoms with Gasteiger partial charge in [0.15, 0.2) is 0 Å². The Labute approximate surface area is 142 Å². The van der Waals surface area contributed by atoms with Crippen molar-refractivity contribution in [3.63, 3.8) is 0 Å². The molecule has 0 radical (unpaired) electrons. The van der Waals surface area contributed by atoms with E-state index in [0.29, 0.717) is 21.2 Å². The first kappa shape index (κ1) is 15.5. The van der Waals surface area contributed by atoms with Gasteiger partial charge in [-0.15, -0.1) is 5.10 Å². The van der Waals surface area contributed by atoms with Crippen molar-refractivity contribution in [2.75, 3.05) is 5.32 Å². The maximum atomic E-state index is 12.2. The predicted octanol–water partition coefficient (Wildman–Crippen LogP) is 4.60. The molecule has 0 aliphatic carbocycles. The van der Waals surface area contributed by atoms with Gasteiger partial charge in [0.1, 0.15) is 0 Å². The maximum Gasteiger partial charge on any atom is 0.322 e. The first-order valence-corrected chi connectivity index (χ1v) is 7.46. The summed E-state index contributed by atoms with van der Waals surface area (Å²) in [6.45, 7) is 1.85. The van der Waals surface area contributed by atoms with Crippen molar-refractivity contribution in [3.8, 4) is 11.5 Å². The largest absolute Gasteiger partial charge is 0.403 e. The maximum absolute atomic E-state index is 12.2. The molecule has 0 saturated carbocycles. The molecule has 0 aliphatic heterocycles. The van der Waals surface area contributed by atoms with Crippen LogP contribution in [-0.4, -0.2) is 16.1 Å². The molecule has 23 heavy (non-hydrogen) atoms. The van der Waals surface area contributed by atoms with E-state index >= 15 is 0 Å². The predicted molar refractivity (Wildman–Crippen MR) is 88.9 cm³/mol. The summed E-state index contributed by atoms with van der Waals surface area (Å²) in [6.07, 6.45) is 0. The van der Waals surface area contributed by atoms with Crippen LogP contribution in [0.1, 0.15) is 15.9 Å². The lowest BCUT2D eigenvalue weighted by molar-refractivity contribution is 0.102. The molecule has 7 heteroatoms. The Hall–Kier alpha value is -2.37. The minimum Gasteiger partial charge on any atom is -0.403 e. The van der Waals surface area contributed by atoms with Crippen LogP contribution in [0.4, 0.5) is 6.01 Å². The normalized spacial score (nSPS) is 10.6. The fraction of sp³-hybridized carbons (Fsp3) is 0.0625. The van der Waals surface area contributed by atoms with Gasteiger partial charge in [0, 0.05) is 10.6 Å². The first-order chi connectivity index (χ1) is 11.0. The topological polar surface area (TPSA) is 68.0 Å². The molecule has 0 saturated heterocycles. The monoisotopic (exact) mass is 347 g/mol. The molecular formula is C16H11Cl2N3O2. The van der Waals surface area contributed by atoms with Gasteiger partial charge < -0.3 is 4.42 Å². The molecule has 3 rings (SSSR count). The smallest absolute Gasteiger partial charge is 0.322 e. The number of aryl methyl sites for hydroxylation is 1. The third-order valence-corrected chi connectivity index (χ3v) is 3.74. The third-order valence-electron chi connectivity index (χ3n) is 3.20. The summed E-state index contributed by atoms with van der Waals surface area (Å²) in [5.74, 6) is -0.118. The number of carbonyl (C=O) groups excluding carboxylic acids is 1. The number of hydrogen-bond acceptors (Lipinski definition) is 4. The van der Waals surface area contributed by atoms with E-state index in [0.717, 1.165) is 5.56 Å². The fourth-order valence-corrected chi connectivity index (χ4v) is 2.53. The first-order valence-electron chi connectivity index (χ1n) is 6.70. The Bertz CT molecular complexity index is 877. The molecule has 1 aromatic heterocycles. The van der Waals surface area contributed by atoms with Gasteiger partial charge in [-0.05, 0) is 36.8 Å². The molecule has 0 fully saturated rings. The molecular weight excluding hydrogens is 337 g/mol.